The van der Waals surface area contributed by atoms with E-state index in [1.165, 1.54) is 0 Å². The van der Waals surface area contributed by atoms with Crippen LogP contribution in [-0.2, 0) is 29.0 Å². The van der Waals surface area contributed by atoms with Crippen LogP contribution in [-0.4, -0.2) is 12.6 Å². The summed E-state index contributed by atoms with van der Waals surface area (Å²) < 4.78 is 16.1. The minimum atomic E-state index is -0.509. The second-order valence-electron chi connectivity index (χ2n) is 6.41. The number of hydrogen-bond donors (Lipinski definition) is 0. The fourth-order valence-electron chi connectivity index (χ4n) is 3.31. The highest BCUT2D eigenvalue weighted by atomic mass is 35.5. The molecule has 0 saturated heterocycles. The predicted octanol–water partition coefficient (Wildman–Crippen LogP) is 4.06. The lowest BCUT2D eigenvalue weighted by Gasteiger charge is -2.11. The molecule has 27 heavy (non-hydrogen) atoms. The molecule has 1 heterocycles. The summed E-state index contributed by atoms with van der Waals surface area (Å²) in [5, 5.41) is 1.19. The van der Waals surface area contributed by atoms with Crippen molar-refractivity contribution in [3.63, 3.8) is 0 Å². The Hall–Kier alpha value is -2.79. The molecule has 0 atom stereocenters. The zero-order valence-electron chi connectivity index (χ0n) is 14.5. The summed E-state index contributed by atoms with van der Waals surface area (Å²) in [6.45, 7) is -0.108. The lowest BCUT2D eigenvalue weighted by molar-refractivity contribution is -0.147. The SMILES string of the molecule is O=C(COc1cc2oc(=O)c3c(c2cc1Cl)CCC3)OCc1ccccc1. The third-order valence-corrected chi connectivity index (χ3v) is 4.91. The van der Waals surface area contributed by atoms with Crippen LogP contribution in [0.15, 0.2) is 51.7 Å². The second-order valence-corrected chi connectivity index (χ2v) is 6.82. The van der Waals surface area contributed by atoms with Crippen molar-refractivity contribution >= 4 is 28.5 Å². The van der Waals surface area contributed by atoms with Gasteiger partial charge in [0, 0.05) is 17.0 Å². The van der Waals surface area contributed by atoms with Gasteiger partial charge in [-0.1, -0.05) is 41.9 Å². The molecule has 138 valence electrons. The van der Waals surface area contributed by atoms with Gasteiger partial charge in [0.05, 0.1) is 5.02 Å². The molecule has 3 aromatic rings. The van der Waals surface area contributed by atoms with Crippen LogP contribution in [0.5, 0.6) is 5.75 Å². The number of rotatable bonds is 5. The normalized spacial score (nSPS) is 12.8. The molecule has 0 unspecified atom stereocenters. The maximum atomic E-state index is 12.1. The molecule has 0 radical (unpaired) electrons. The first-order valence-corrected chi connectivity index (χ1v) is 9.10. The van der Waals surface area contributed by atoms with Gasteiger partial charge in [-0.15, -0.1) is 0 Å². The van der Waals surface area contributed by atoms with Crippen LogP contribution in [0, 0.1) is 0 Å². The van der Waals surface area contributed by atoms with Gasteiger partial charge in [-0.3, -0.25) is 0 Å². The van der Waals surface area contributed by atoms with Gasteiger partial charge in [0.2, 0.25) is 0 Å². The van der Waals surface area contributed by atoms with Crippen LogP contribution in [0.3, 0.4) is 0 Å². The molecule has 1 aromatic heterocycles. The fraction of sp³-hybridized carbons (Fsp3) is 0.238. The van der Waals surface area contributed by atoms with Crippen molar-refractivity contribution in [3.8, 4) is 5.75 Å². The molecule has 0 aliphatic heterocycles. The topological polar surface area (TPSA) is 65.7 Å². The van der Waals surface area contributed by atoms with Gasteiger partial charge in [-0.25, -0.2) is 9.59 Å². The number of ether oxygens (including phenoxy) is 2. The van der Waals surface area contributed by atoms with Gasteiger partial charge in [0.1, 0.15) is 17.9 Å². The van der Waals surface area contributed by atoms with E-state index in [9.17, 15) is 9.59 Å². The summed E-state index contributed by atoms with van der Waals surface area (Å²) in [5.74, 6) is -0.229. The summed E-state index contributed by atoms with van der Waals surface area (Å²) in [5.41, 5.74) is 2.72. The first-order chi connectivity index (χ1) is 13.1. The van der Waals surface area contributed by atoms with Crippen LogP contribution in [0.2, 0.25) is 5.02 Å². The van der Waals surface area contributed by atoms with Crippen molar-refractivity contribution in [2.45, 2.75) is 25.9 Å². The second kappa shape index (κ2) is 7.45. The Labute approximate surface area is 160 Å². The molecule has 0 saturated carbocycles. The Morgan fingerprint density at radius 1 is 1.11 bits per heavy atom. The molecule has 1 aliphatic rings. The van der Waals surface area contributed by atoms with E-state index >= 15 is 0 Å². The summed E-state index contributed by atoms with van der Waals surface area (Å²) in [6.07, 6.45) is 2.50. The number of esters is 1. The lowest BCUT2D eigenvalue weighted by Crippen LogP contribution is -2.15. The van der Waals surface area contributed by atoms with Gasteiger partial charge in [-0.2, -0.15) is 0 Å². The summed E-state index contributed by atoms with van der Waals surface area (Å²) in [6, 6.07) is 12.7. The summed E-state index contributed by atoms with van der Waals surface area (Å²) in [4.78, 5) is 24.0. The van der Waals surface area contributed by atoms with E-state index in [1.54, 1.807) is 12.1 Å². The fourth-order valence-corrected chi connectivity index (χ4v) is 3.53. The molecule has 6 heteroatoms. The largest absolute Gasteiger partial charge is 0.480 e. The smallest absolute Gasteiger partial charge is 0.344 e. The van der Waals surface area contributed by atoms with Crippen molar-refractivity contribution in [2.75, 3.05) is 6.61 Å². The average Bonchev–Trinajstić information content (AvgIpc) is 3.17. The number of carbonyl (C=O) groups excluding carboxylic acids is 1. The number of halogens is 1. The third kappa shape index (κ3) is 3.69. The van der Waals surface area contributed by atoms with Crippen LogP contribution in [0.25, 0.3) is 11.0 Å². The molecular formula is C21H17ClO5. The molecule has 4 rings (SSSR count). The van der Waals surface area contributed by atoms with Gasteiger partial charge >= 0.3 is 11.6 Å². The predicted molar refractivity (Wildman–Crippen MR) is 101 cm³/mol. The Morgan fingerprint density at radius 3 is 2.70 bits per heavy atom. The number of carbonyl (C=O) groups is 1. The quantitative estimate of drug-likeness (QED) is 0.490. The van der Waals surface area contributed by atoms with E-state index in [0.29, 0.717) is 10.6 Å². The summed E-state index contributed by atoms with van der Waals surface area (Å²) in [7, 11) is 0. The standard InChI is InChI=1S/C21H17ClO5/c22-17-9-16-14-7-4-8-15(14)21(24)27-18(16)10-19(17)25-12-20(23)26-11-13-5-2-1-3-6-13/h1-3,5-6,9-10H,4,7-8,11-12H2. The maximum Gasteiger partial charge on any atom is 0.344 e. The maximum absolute atomic E-state index is 12.1. The van der Waals surface area contributed by atoms with Crippen molar-refractivity contribution in [2.24, 2.45) is 0 Å². The third-order valence-electron chi connectivity index (χ3n) is 4.61. The molecule has 1 aliphatic carbocycles. The van der Waals surface area contributed by atoms with Crippen molar-refractivity contribution < 1.29 is 18.7 Å². The van der Waals surface area contributed by atoms with Gasteiger partial charge < -0.3 is 13.9 Å². The molecule has 5 nitrogen and oxygen atoms in total. The van der Waals surface area contributed by atoms with Crippen LogP contribution >= 0.6 is 11.6 Å². The lowest BCUT2D eigenvalue weighted by atomic mass is 10.1. The van der Waals surface area contributed by atoms with E-state index in [2.05, 4.69) is 0 Å². The first-order valence-electron chi connectivity index (χ1n) is 8.72. The highest BCUT2D eigenvalue weighted by molar-refractivity contribution is 6.32. The van der Waals surface area contributed by atoms with E-state index in [-0.39, 0.29) is 24.6 Å². The Morgan fingerprint density at radius 2 is 1.89 bits per heavy atom. The number of fused-ring (bicyclic) bond motifs is 3. The summed E-state index contributed by atoms with van der Waals surface area (Å²) >= 11 is 6.30. The minimum Gasteiger partial charge on any atom is -0.480 e. The zero-order chi connectivity index (χ0) is 18.8. The van der Waals surface area contributed by atoms with Crippen LogP contribution in [0.1, 0.15) is 23.1 Å². The van der Waals surface area contributed by atoms with Crippen molar-refractivity contribution in [1.82, 2.24) is 0 Å². The van der Waals surface area contributed by atoms with Crippen LogP contribution in [0.4, 0.5) is 0 Å². The van der Waals surface area contributed by atoms with E-state index in [0.717, 1.165) is 41.3 Å². The number of aryl methyl sites for hydroxylation is 1. The van der Waals surface area contributed by atoms with E-state index in [4.69, 9.17) is 25.5 Å². The minimum absolute atomic E-state index is 0.176. The van der Waals surface area contributed by atoms with Gasteiger partial charge in [0.25, 0.3) is 0 Å². The number of benzene rings is 2. The Bertz CT molecular complexity index is 1060. The zero-order valence-corrected chi connectivity index (χ0v) is 15.3. The molecule has 0 amide bonds. The highest BCUT2D eigenvalue weighted by Gasteiger charge is 2.21. The van der Waals surface area contributed by atoms with E-state index < -0.39 is 5.97 Å². The highest BCUT2D eigenvalue weighted by Crippen LogP contribution is 2.34. The van der Waals surface area contributed by atoms with Crippen LogP contribution < -0.4 is 10.4 Å². The van der Waals surface area contributed by atoms with Gasteiger partial charge in [0.15, 0.2) is 6.61 Å². The molecule has 2 aromatic carbocycles. The Kier molecular flexibility index (Phi) is 4.86. The molecule has 0 bridgehead atoms. The first kappa shape index (κ1) is 17.6. The van der Waals surface area contributed by atoms with Crippen molar-refractivity contribution in [3.05, 3.63) is 74.6 Å². The number of hydrogen-bond acceptors (Lipinski definition) is 5. The van der Waals surface area contributed by atoms with Gasteiger partial charge in [-0.05, 0) is 36.5 Å². The Balaban J connectivity index is 1.47. The molecule has 0 spiro atoms. The molecular weight excluding hydrogens is 368 g/mol. The average molecular weight is 385 g/mol. The monoisotopic (exact) mass is 384 g/mol. The van der Waals surface area contributed by atoms with Crippen molar-refractivity contribution in [1.29, 1.82) is 0 Å². The van der Waals surface area contributed by atoms with E-state index in [1.807, 2.05) is 30.3 Å². The molecule has 0 fully saturated rings. The molecule has 0 N–H and O–H groups in total.